The molecule has 2 heterocycles. The minimum atomic E-state index is -1.06. The molecule has 0 saturated carbocycles. The zero-order chi connectivity index (χ0) is 11.7. The van der Waals surface area contributed by atoms with Gasteiger partial charge in [-0.1, -0.05) is 0 Å². The van der Waals surface area contributed by atoms with Gasteiger partial charge in [0.05, 0.1) is 6.20 Å². The highest BCUT2D eigenvalue weighted by atomic mass is 16.4. The van der Waals surface area contributed by atoms with Crippen molar-refractivity contribution in [2.45, 2.75) is 32.2 Å². The van der Waals surface area contributed by atoms with E-state index in [2.05, 4.69) is 23.7 Å². The van der Waals surface area contributed by atoms with Gasteiger partial charge < -0.3 is 14.4 Å². The Labute approximate surface area is 94.1 Å². The molecule has 0 aliphatic carbocycles. The number of aromatic nitrogens is 1. The summed E-state index contributed by atoms with van der Waals surface area (Å²) in [6.07, 6.45) is 2.27. The van der Waals surface area contributed by atoms with Gasteiger partial charge in [-0.05, 0) is 26.8 Å². The zero-order valence-corrected chi connectivity index (χ0v) is 9.51. The third kappa shape index (κ3) is 2.09. The number of rotatable bonds is 3. The smallest absolute Gasteiger partial charge is 0.373 e. The molecule has 1 unspecified atom stereocenters. The van der Waals surface area contributed by atoms with Crippen molar-refractivity contribution in [1.82, 2.24) is 9.88 Å². The van der Waals surface area contributed by atoms with Gasteiger partial charge in [0, 0.05) is 18.5 Å². The Morgan fingerprint density at radius 3 is 2.94 bits per heavy atom. The van der Waals surface area contributed by atoms with Crippen molar-refractivity contribution in [3.8, 4) is 0 Å². The topological polar surface area (TPSA) is 66.6 Å². The zero-order valence-electron chi connectivity index (χ0n) is 9.51. The van der Waals surface area contributed by atoms with E-state index in [9.17, 15) is 4.79 Å². The van der Waals surface area contributed by atoms with E-state index in [1.54, 1.807) is 0 Å². The number of hydrogen-bond donors (Lipinski definition) is 1. The lowest BCUT2D eigenvalue weighted by Gasteiger charge is -2.19. The Bertz CT molecular complexity index is 386. The summed E-state index contributed by atoms with van der Waals surface area (Å²) in [6, 6.07) is 0.513. The quantitative estimate of drug-likeness (QED) is 0.844. The fourth-order valence-corrected chi connectivity index (χ4v) is 2.03. The fourth-order valence-electron chi connectivity index (χ4n) is 2.03. The molecule has 0 aromatic carbocycles. The average molecular weight is 224 g/mol. The summed E-state index contributed by atoms with van der Waals surface area (Å²) in [5.41, 5.74) is 0. The number of likely N-dealkylation sites (tertiary alicyclic amines) is 1. The van der Waals surface area contributed by atoms with E-state index in [4.69, 9.17) is 9.52 Å². The second kappa shape index (κ2) is 4.25. The predicted molar refractivity (Wildman–Crippen MR) is 57.5 cm³/mol. The lowest BCUT2D eigenvalue weighted by atomic mass is 10.1. The molecule has 0 spiro atoms. The highest BCUT2D eigenvalue weighted by Crippen LogP contribution is 2.27. The third-order valence-corrected chi connectivity index (χ3v) is 3.03. The van der Waals surface area contributed by atoms with Gasteiger partial charge in [-0.2, -0.15) is 0 Å². The van der Waals surface area contributed by atoms with Crippen LogP contribution in [0.5, 0.6) is 0 Å². The minimum absolute atomic E-state index is 0.0713. The molecule has 88 valence electrons. The predicted octanol–water partition coefficient (Wildman–Crippen LogP) is 1.57. The molecule has 0 bridgehead atoms. The molecule has 5 nitrogen and oxygen atoms in total. The number of carbonyl (C=O) groups is 1. The minimum Gasteiger partial charge on any atom is -0.475 e. The van der Waals surface area contributed by atoms with Crippen LogP contribution < -0.4 is 0 Å². The van der Waals surface area contributed by atoms with Crippen LogP contribution in [0, 0.1) is 0 Å². The summed E-state index contributed by atoms with van der Waals surface area (Å²) in [7, 11) is 0. The molecule has 1 fully saturated rings. The van der Waals surface area contributed by atoms with Crippen LogP contribution in [-0.2, 0) is 0 Å². The van der Waals surface area contributed by atoms with Gasteiger partial charge in [0.2, 0.25) is 5.76 Å². The molecule has 1 atom stereocenters. The number of carboxylic acid groups (broad SMARTS) is 1. The highest BCUT2D eigenvalue weighted by molar-refractivity contribution is 5.83. The summed E-state index contributed by atoms with van der Waals surface area (Å²) in [6.45, 7) is 6.23. The normalized spacial score (nSPS) is 21.8. The molecule has 1 saturated heterocycles. The standard InChI is InChI=1S/C11H16N2O3/c1-7(2)13-4-3-8(6-13)10-12-5-9(16-10)11(14)15/h5,7-8H,3-4,6H2,1-2H3,(H,14,15). The van der Waals surface area contributed by atoms with Gasteiger partial charge in [-0.15, -0.1) is 0 Å². The Morgan fingerprint density at radius 1 is 1.69 bits per heavy atom. The van der Waals surface area contributed by atoms with Crippen LogP contribution >= 0.6 is 0 Å². The van der Waals surface area contributed by atoms with E-state index < -0.39 is 5.97 Å². The van der Waals surface area contributed by atoms with Gasteiger partial charge in [0.1, 0.15) is 0 Å². The lowest BCUT2D eigenvalue weighted by Crippen LogP contribution is -2.27. The van der Waals surface area contributed by atoms with Crippen LogP contribution in [-0.4, -0.2) is 40.1 Å². The van der Waals surface area contributed by atoms with Crippen LogP contribution in [0.3, 0.4) is 0 Å². The summed E-state index contributed by atoms with van der Waals surface area (Å²) in [5, 5.41) is 8.74. The second-order valence-electron chi connectivity index (χ2n) is 4.44. The van der Waals surface area contributed by atoms with Crippen molar-refractivity contribution in [3.05, 3.63) is 17.8 Å². The molecule has 1 aliphatic heterocycles. The third-order valence-electron chi connectivity index (χ3n) is 3.03. The fraction of sp³-hybridized carbons (Fsp3) is 0.636. The number of aromatic carboxylic acids is 1. The molecule has 1 aliphatic rings. The molecule has 0 amide bonds. The van der Waals surface area contributed by atoms with Crippen molar-refractivity contribution >= 4 is 5.97 Å². The second-order valence-corrected chi connectivity index (χ2v) is 4.44. The first kappa shape index (κ1) is 11.1. The largest absolute Gasteiger partial charge is 0.475 e. The summed E-state index contributed by atoms with van der Waals surface area (Å²) < 4.78 is 5.22. The molecule has 1 N–H and O–H groups in total. The van der Waals surface area contributed by atoms with Gasteiger partial charge in [-0.25, -0.2) is 9.78 Å². The number of nitrogens with zero attached hydrogens (tertiary/aromatic N) is 2. The molecule has 1 aromatic heterocycles. The maximum absolute atomic E-state index is 10.7. The Kier molecular flexibility index (Phi) is 2.96. The molecular weight excluding hydrogens is 208 g/mol. The molecule has 16 heavy (non-hydrogen) atoms. The Morgan fingerprint density at radius 2 is 2.44 bits per heavy atom. The highest BCUT2D eigenvalue weighted by Gasteiger charge is 2.29. The molecule has 2 rings (SSSR count). The molecule has 0 radical (unpaired) electrons. The number of carboxylic acids is 1. The lowest BCUT2D eigenvalue weighted by molar-refractivity contribution is 0.0659. The van der Waals surface area contributed by atoms with E-state index >= 15 is 0 Å². The van der Waals surface area contributed by atoms with Gasteiger partial charge in [0.25, 0.3) is 0 Å². The molecule has 5 heteroatoms. The van der Waals surface area contributed by atoms with Crippen molar-refractivity contribution in [2.75, 3.05) is 13.1 Å². The SMILES string of the molecule is CC(C)N1CCC(c2ncc(C(=O)O)o2)C1. The van der Waals surface area contributed by atoms with Crippen LogP contribution in [0.25, 0.3) is 0 Å². The average Bonchev–Trinajstić information content (AvgIpc) is 2.86. The maximum atomic E-state index is 10.7. The van der Waals surface area contributed by atoms with E-state index in [1.165, 1.54) is 6.20 Å². The van der Waals surface area contributed by atoms with Crippen molar-refractivity contribution in [1.29, 1.82) is 0 Å². The van der Waals surface area contributed by atoms with E-state index in [0.717, 1.165) is 19.5 Å². The van der Waals surface area contributed by atoms with Crippen LogP contribution in [0.4, 0.5) is 0 Å². The van der Waals surface area contributed by atoms with E-state index in [0.29, 0.717) is 11.9 Å². The number of oxazole rings is 1. The van der Waals surface area contributed by atoms with Gasteiger partial charge >= 0.3 is 5.97 Å². The van der Waals surface area contributed by atoms with Crippen LogP contribution in [0.2, 0.25) is 0 Å². The van der Waals surface area contributed by atoms with E-state index in [1.807, 2.05) is 0 Å². The van der Waals surface area contributed by atoms with Crippen LogP contribution in [0.1, 0.15) is 42.6 Å². The monoisotopic (exact) mass is 224 g/mol. The van der Waals surface area contributed by atoms with Crippen molar-refractivity contribution < 1.29 is 14.3 Å². The Hall–Kier alpha value is -1.36. The molecular formula is C11H16N2O3. The Balaban J connectivity index is 2.06. The summed E-state index contributed by atoms with van der Waals surface area (Å²) in [5.74, 6) is -0.341. The van der Waals surface area contributed by atoms with Crippen molar-refractivity contribution in [2.24, 2.45) is 0 Å². The first-order valence-corrected chi connectivity index (χ1v) is 5.51. The first-order valence-electron chi connectivity index (χ1n) is 5.51. The van der Waals surface area contributed by atoms with Gasteiger partial charge in [-0.3, -0.25) is 0 Å². The molecule has 1 aromatic rings. The van der Waals surface area contributed by atoms with Crippen LogP contribution in [0.15, 0.2) is 10.6 Å². The van der Waals surface area contributed by atoms with E-state index in [-0.39, 0.29) is 11.7 Å². The summed E-state index contributed by atoms with van der Waals surface area (Å²) in [4.78, 5) is 17.0. The van der Waals surface area contributed by atoms with Gasteiger partial charge in [0.15, 0.2) is 5.89 Å². The summed E-state index contributed by atoms with van der Waals surface area (Å²) >= 11 is 0. The van der Waals surface area contributed by atoms with Crippen molar-refractivity contribution in [3.63, 3.8) is 0 Å². The first-order chi connectivity index (χ1) is 7.58. The number of hydrogen-bond acceptors (Lipinski definition) is 4. The maximum Gasteiger partial charge on any atom is 0.373 e.